The van der Waals surface area contributed by atoms with E-state index in [1.807, 2.05) is 24.3 Å². The first kappa shape index (κ1) is 10.4. The van der Waals surface area contributed by atoms with E-state index in [-0.39, 0.29) is 0 Å². The van der Waals surface area contributed by atoms with Gasteiger partial charge in [-0.3, -0.25) is 4.79 Å². The Labute approximate surface area is 92.7 Å². The number of para-hydroxylation sites is 1. The Bertz CT molecular complexity index is 518. The second-order valence-electron chi connectivity index (χ2n) is 3.37. The zero-order chi connectivity index (χ0) is 11.5. The van der Waals surface area contributed by atoms with Crippen LogP contribution in [0.3, 0.4) is 0 Å². The van der Waals surface area contributed by atoms with E-state index in [1.54, 1.807) is 10.9 Å². The number of aromatic nitrogens is 2. The first-order valence-electron chi connectivity index (χ1n) is 4.85. The largest absolute Gasteiger partial charge is 0.366 e. The highest BCUT2D eigenvalue weighted by Gasteiger charge is 2.07. The lowest BCUT2D eigenvalue weighted by molar-refractivity contribution is 0.100. The van der Waals surface area contributed by atoms with Crippen LogP contribution in [-0.4, -0.2) is 15.7 Å². The molecule has 1 heterocycles. The lowest BCUT2D eigenvalue weighted by Gasteiger charge is -2.06. The molecule has 1 amide bonds. The number of primary amides is 1. The van der Waals surface area contributed by atoms with E-state index in [0.29, 0.717) is 12.1 Å². The van der Waals surface area contributed by atoms with Gasteiger partial charge in [-0.25, -0.2) is 4.68 Å². The molecule has 4 N–H and O–H groups in total. The van der Waals surface area contributed by atoms with Crippen LogP contribution in [0.1, 0.15) is 15.9 Å². The Morgan fingerprint density at radius 2 is 2.12 bits per heavy atom. The van der Waals surface area contributed by atoms with Crippen LogP contribution in [0.25, 0.3) is 5.69 Å². The molecule has 0 spiro atoms. The molecule has 0 aliphatic carbocycles. The molecule has 0 radical (unpaired) electrons. The van der Waals surface area contributed by atoms with E-state index in [4.69, 9.17) is 11.5 Å². The van der Waals surface area contributed by atoms with E-state index < -0.39 is 5.91 Å². The molecule has 2 rings (SSSR count). The summed E-state index contributed by atoms with van der Waals surface area (Å²) in [5.41, 5.74) is 13.0. The van der Waals surface area contributed by atoms with E-state index in [1.165, 1.54) is 6.20 Å². The van der Waals surface area contributed by atoms with Gasteiger partial charge in [0.15, 0.2) is 0 Å². The van der Waals surface area contributed by atoms with Crippen molar-refractivity contribution in [2.75, 3.05) is 0 Å². The summed E-state index contributed by atoms with van der Waals surface area (Å²) < 4.78 is 1.60. The normalized spacial score (nSPS) is 10.3. The molecule has 0 aliphatic heterocycles. The van der Waals surface area contributed by atoms with Crippen molar-refractivity contribution >= 4 is 5.91 Å². The number of carbonyl (C=O) groups excluding carboxylic acids is 1. The highest BCUT2D eigenvalue weighted by atomic mass is 16.1. The minimum atomic E-state index is -0.489. The summed E-state index contributed by atoms with van der Waals surface area (Å²) in [7, 11) is 0. The maximum absolute atomic E-state index is 10.9. The van der Waals surface area contributed by atoms with E-state index >= 15 is 0 Å². The van der Waals surface area contributed by atoms with Gasteiger partial charge in [0.25, 0.3) is 5.91 Å². The third-order valence-corrected chi connectivity index (χ3v) is 2.33. The first-order valence-corrected chi connectivity index (χ1v) is 4.85. The molecule has 0 aliphatic rings. The molecule has 2 aromatic rings. The van der Waals surface area contributed by atoms with Crippen LogP contribution in [0.5, 0.6) is 0 Å². The van der Waals surface area contributed by atoms with Crippen LogP contribution in [-0.2, 0) is 6.54 Å². The van der Waals surface area contributed by atoms with Crippen LogP contribution >= 0.6 is 0 Å². The molecule has 1 aromatic carbocycles. The third kappa shape index (κ3) is 1.80. The third-order valence-electron chi connectivity index (χ3n) is 2.33. The monoisotopic (exact) mass is 216 g/mol. The highest BCUT2D eigenvalue weighted by Crippen LogP contribution is 2.13. The average molecular weight is 216 g/mol. The maximum Gasteiger partial charge on any atom is 0.251 e. The van der Waals surface area contributed by atoms with Gasteiger partial charge in [0.2, 0.25) is 0 Å². The predicted molar refractivity (Wildman–Crippen MR) is 60.0 cm³/mol. The quantitative estimate of drug-likeness (QED) is 0.780. The molecule has 0 saturated carbocycles. The maximum atomic E-state index is 10.9. The van der Waals surface area contributed by atoms with Crippen LogP contribution in [0, 0.1) is 0 Å². The van der Waals surface area contributed by atoms with Crippen LogP contribution in [0.4, 0.5) is 0 Å². The number of benzene rings is 1. The SMILES string of the molecule is NCc1ccccc1-n1cc(C(N)=O)cn1. The van der Waals surface area contributed by atoms with Crippen molar-refractivity contribution in [2.24, 2.45) is 11.5 Å². The molecule has 0 saturated heterocycles. The zero-order valence-electron chi connectivity index (χ0n) is 8.63. The van der Waals surface area contributed by atoms with Gasteiger partial charge in [-0.2, -0.15) is 5.10 Å². The smallest absolute Gasteiger partial charge is 0.251 e. The van der Waals surface area contributed by atoms with Crippen molar-refractivity contribution in [2.45, 2.75) is 6.54 Å². The molecule has 82 valence electrons. The van der Waals surface area contributed by atoms with Gasteiger partial charge in [-0.15, -0.1) is 0 Å². The standard InChI is InChI=1S/C11H12N4O/c12-5-8-3-1-2-4-10(8)15-7-9(6-14-15)11(13)16/h1-4,6-7H,5,12H2,(H2,13,16). The Hall–Kier alpha value is -2.14. The van der Waals surface area contributed by atoms with Crippen molar-refractivity contribution in [3.05, 3.63) is 47.8 Å². The molecule has 1 aromatic heterocycles. The topological polar surface area (TPSA) is 86.9 Å². The zero-order valence-corrected chi connectivity index (χ0v) is 8.63. The molecule has 0 fully saturated rings. The van der Waals surface area contributed by atoms with Crippen molar-refractivity contribution in [1.82, 2.24) is 9.78 Å². The number of hydrogen-bond donors (Lipinski definition) is 2. The molecule has 0 bridgehead atoms. The fourth-order valence-electron chi connectivity index (χ4n) is 1.49. The van der Waals surface area contributed by atoms with E-state index in [0.717, 1.165) is 11.3 Å². The van der Waals surface area contributed by atoms with Crippen LogP contribution in [0.15, 0.2) is 36.7 Å². The highest BCUT2D eigenvalue weighted by molar-refractivity contribution is 5.92. The van der Waals surface area contributed by atoms with E-state index in [9.17, 15) is 4.79 Å². The molecule has 16 heavy (non-hydrogen) atoms. The molecular weight excluding hydrogens is 204 g/mol. The summed E-state index contributed by atoms with van der Waals surface area (Å²) >= 11 is 0. The van der Waals surface area contributed by atoms with Gasteiger partial charge in [-0.1, -0.05) is 18.2 Å². The fraction of sp³-hybridized carbons (Fsp3) is 0.0909. The summed E-state index contributed by atoms with van der Waals surface area (Å²) in [4.78, 5) is 10.9. The fourth-order valence-corrected chi connectivity index (χ4v) is 1.49. The number of rotatable bonds is 3. The van der Waals surface area contributed by atoms with Gasteiger partial charge >= 0.3 is 0 Å². The Kier molecular flexibility index (Phi) is 2.70. The second kappa shape index (κ2) is 4.16. The number of carbonyl (C=O) groups is 1. The van der Waals surface area contributed by atoms with Crippen molar-refractivity contribution in [3.63, 3.8) is 0 Å². The lowest BCUT2D eigenvalue weighted by Crippen LogP contribution is -2.09. The lowest BCUT2D eigenvalue weighted by atomic mass is 10.2. The first-order chi connectivity index (χ1) is 7.72. The van der Waals surface area contributed by atoms with E-state index in [2.05, 4.69) is 5.10 Å². The van der Waals surface area contributed by atoms with Crippen LogP contribution < -0.4 is 11.5 Å². The van der Waals surface area contributed by atoms with Gasteiger partial charge in [0, 0.05) is 12.7 Å². The molecule has 5 heteroatoms. The van der Waals surface area contributed by atoms with Gasteiger partial charge < -0.3 is 11.5 Å². The Morgan fingerprint density at radius 3 is 2.75 bits per heavy atom. The number of hydrogen-bond acceptors (Lipinski definition) is 3. The second-order valence-corrected chi connectivity index (χ2v) is 3.37. The number of nitrogens with two attached hydrogens (primary N) is 2. The minimum Gasteiger partial charge on any atom is -0.366 e. The number of nitrogens with zero attached hydrogens (tertiary/aromatic N) is 2. The Balaban J connectivity index is 2.46. The van der Waals surface area contributed by atoms with Crippen molar-refractivity contribution in [3.8, 4) is 5.69 Å². The van der Waals surface area contributed by atoms with Gasteiger partial charge in [-0.05, 0) is 11.6 Å². The molecule has 0 unspecified atom stereocenters. The average Bonchev–Trinajstić information content (AvgIpc) is 2.78. The Morgan fingerprint density at radius 1 is 1.38 bits per heavy atom. The number of amides is 1. The summed E-state index contributed by atoms with van der Waals surface area (Å²) in [5, 5.41) is 4.08. The minimum absolute atomic E-state index is 0.381. The van der Waals surface area contributed by atoms with Crippen molar-refractivity contribution in [1.29, 1.82) is 0 Å². The summed E-state index contributed by atoms with van der Waals surface area (Å²) in [5.74, 6) is -0.489. The summed E-state index contributed by atoms with van der Waals surface area (Å²) in [6.45, 7) is 0.419. The molecule has 5 nitrogen and oxygen atoms in total. The predicted octanol–water partition coefficient (Wildman–Crippen LogP) is 0.430. The van der Waals surface area contributed by atoms with Crippen LogP contribution in [0.2, 0.25) is 0 Å². The molecule has 0 atom stereocenters. The molecular formula is C11H12N4O. The van der Waals surface area contributed by atoms with Gasteiger partial charge in [0.1, 0.15) is 0 Å². The van der Waals surface area contributed by atoms with Crippen molar-refractivity contribution < 1.29 is 4.79 Å². The van der Waals surface area contributed by atoms with Gasteiger partial charge in [0.05, 0.1) is 17.4 Å². The summed E-state index contributed by atoms with van der Waals surface area (Å²) in [6.07, 6.45) is 3.03. The summed E-state index contributed by atoms with van der Waals surface area (Å²) in [6, 6.07) is 7.60.